The second kappa shape index (κ2) is 6.13. The SMILES string of the molecule is CCC(C)(C)C(=O)Nc1nnc(Cc2ccccc2)s1. The van der Waals surface area contributed by atoms with Crippen LogP contribution < -0.4 is 5.32 Å². The molecule has 0 aliphatic heterocycles. The maximum atomic E-state index is 12.1. The van der Waals surface area contributed by atoms with Crippen molar-refractivity contribution in [3.05, 3.63) is 40.9 Å². The lowest BCUT2D eigenvalue weighted by molar-refractivity contribution is -0.124. The summed E-state index contributed by atoms with van der Waals surface area (Å²) in [5, 5.41) is 12.5. The molecule has 4 nitrogen and oxygen atoms in total. The van der Waals surface area contributed by atoms with E-state index in [1.165, 1.54) is 16.9 Å². The number of nitrogens with zero attached hydrogens (tertiary/aromatic N) is 2. The summed E-state index contributed by atoms with van der Waals surface area (Å²) in [7, 11) is 0. The Hall–Kier alpha value is -1.75. The van der Waals surface area contributed by atoms with Crippen molar-refractivity contribution in [1.82, 2.24) is 10.2 Å². The van der Waals surface area contributed by atoms with E-state index in [1.54, 1.807) is 0 Å². The molecule has 1 heterocycles. The lowest BCUT2D eigenvalue weighted by atomic mass is 9.89. The summed E-state index contributed by atoms with van der Waals surface area (Å²) < 4.78 is 0. The van der Waals surface area contributed by atoms with E-state index in [9.17, 15) is 4.79 Å². The van der Waals surface area contributed by atoms with Crippen molar-refractivity contribution in [3.8, 4) is 0 Å². The summed E-state index contributed by atoms with van der Waals surface area (Å²) in [4.78, 5) is 12.1. The Morgan fingerprint density at radius 2 is 1.95 bits per heavy atom. The Kier molecular flexibility index (Phi) is 4.49. The van der Waals surface area contributed by atoms with Crippen LogP contribution in [0.5, 0.6) is 0 Å². The Labute approximate surface area is 123 Å². The normalized spacial score (nSPS) is 11.3. The van der Waals surface area contributed by atoms with Gasteiger partial charge in [-0.2, -0.15) is 0 Å². The van der Waals surface area contributed by atoms with Crippen molar-refractivity contribution in [2.75, 3.05) is 5.32 Å². The highest BCUT2D eigenvalue weighted by molar-refractivity contribution is 7.15. The first-order valence-electron chi connectivity index (χ1n) is 6.69. The van der Waals surface area contributed by atoms with E-state index in [0.29, 0.717) is 5.13 Å². The predicted molar refractivity (Wildman–Crippen MR) is 81.9 cm³/mol. The summed E-state index contributed by atoms with van der Waals surface area (Å²) in [5.74, 6) is -0.0117. The number of carbonyl (C=O) groups excluding carboxylic acids is 1. The number of nitrogens with one attached hydrogen (secondary N) is 1. The summed E-state index contributed by atoms with van der Waals surface area (Å²) in [6.07, 6.45) is 1.53. The van der Waals surface area contributed by atoms with Crippen LogP contribution in [0.3, 0.4) is 0 Å². The first kappa shape index (κ1) is 14.7. The van der Waals surface area contributed by atoms with E-state index < -0.39 is 0 Å². The van der Waals surface area contributed by atoms with Gasteiger partial charge in [-0.3, -0.25) is 4.79 Å². The van der Waals surface area contributed by atoms with E-state index in [1.807, 2.05) is 39.0 Å². The minimum absolute atomic E-state index is 0.0117. The van der Waals surface area contributed by atoms with Crippen LogP contribution in [0.2, 0.25) is 0 Å². The Morgan fingerprint density at radius 1 is 1.25 bits per heavy atom. The zero-order valence-electron chi connectivity index (χ0n) is 12.0. The molecule has 0 spiro atoms. The van der Waals surface area contributed by atoms with Gasteiger partial charge in [0.05, 0.1) is 0 Å². The van der Waals surface area contributed by atoms with Crippen LogP contribution in [0.15, 0.2) is 30.3 Å². The van der Waals surface area contributed by atoms with Crippen molar-refractivity contribution in [1.29, 1.82) is 0 Å². The predicted octanol–water partition coefficient (Wildman–Crippen LogP) is 3.50. The lowest BCUT2D eigenvalue weighted by Gasteiger charge is -2.20. The van der Waals surface area contributed by atoms with Gasteiger partial charge in [0, 0.05) is 11.8 Å². The molecule has 0 radical (unpaired) electrons. The minimum Gasteiger partial charge on any atom is -0.300 e. The van der Waals surface area contributed by atoms with Gasteiger partial charge in [0.15, 0.2) is 0 Å². The standard InChI is InChI=1S/C15H19N3OS/c1-4-15(2,3)13(19)16-14-18-17-12(20-14)10-11-8-6-5-7-9-11/h5-9H,4,10H2,1-3H3,(H,16,18,19). The van der Waals surface area contributed by atoms with E-state index in [2.05, 4.69) is 27.6 Å². The maximum Gasteiger partial charge on any atom is 0.231 e. The maximum absolute atomic E-state index is 12.1. The van der Waals surface area contributed by atoms with Crippen molar-refractivity contribution >= 4 is 22.4 Å². The van der Waals surface area contributed by atoms with Crippen molar-refractivity contribution in [2.24, 2.45) is 5.41 Å². The molecule has 0 fully saturated rings. The van der Waals surface area contributed by atoms with E-state index in [0.717, 1.165) is 17.8 Å². The number of hydrogen-bond donors (Lipinski definition) is 1. The van der Waals surface area contributed by atoms with Gasteiger partial charge in [0.25, 0.3) is 0 Å². The highest BCUT2D eigenvalue weighted by Crippen LogP contribution is 2.24. The molecule has 0 bridgehead atoms. The molecule has 106 valence electrons. The fourth-order valence-electron chi connectivity index (χ4n) is 1.57. The highest BCUT2D eigenvalue weighted by atomic mass is 32.1. The molecule has 0 saturated carbocycles. The van der Waals surface area contributed by atoms with E-state index >= 15 is 0 Å². The summed E-state index contributed by atoms with van der Waals surface area (Å²) >= 11 is 1.43. The van der Waals surface area contributed by atoms with Gasteiger partial charge in [-0.25, -0.2) is 0 Å². The number of amides is 1. The Morgan fingerprint density at radius 3 is 2.60 bits per heavy atom. The molecule has 5 heteroatoms. The summed E-state index contributed by atoms with van der Waals surface area (Å²) in [6.45, 7) is 5.85. The molecule has 0 saturated heterocycles. The molecule has 1 N–H and O–H groups in total. The third kappa shape index (κ3) is 3.63. The molecule has 20 heavy (non-hydrogen) atoms. The van der Waals surface area contributed by atoms with Crippen LogP contribution in [0.4, 0.5) is 5.13 Å². The number of aromatic nitrogens is 2. The number of benzene rings is 1. The zero-order chi connectivity index (χ0) is 14.6. The molecular weight excluding hydrogens is 270 g/mol. The van der Waals surface area contributed by atoms with Crippen LogP contribution in [0.1, 0.15) is 37.8 Å². The smallest absolute Gasteiger partial charge is 0.231 e. The average molecular weight is 289 g/mol. The number of rotatable bonds is 5. The van der Waals surface area contributed by atoms with Crippen LogP contribution in [-0.2, 0) is 11.2 Å². The highest BCUT2D eigenvalue weighted by Gasteiger charge is 2.26. The van der Waals surface area contributed by atoms with Gasteiger partial charge >= 0.3 is 0 Å². The second-order valence-corrected chi connectivity index (χ2v) is 6.42. The fourth-order valence-corrected chi connectivity index (χ4v) is 2.34. The molecular formula is C15H19N3OS. The molecule has 1 amide bonds. The van der Waals surface area contributed by atoms with Gasteiger partial charge in [0.1, 0.15) is 5.01 Å². The van der Waals surface area contributed by atoms with Crippen LogP contribution in [0, 0.1) is 5.41 Å². The summed E-state index contributed by atoms with van der Waals surface area (Å²) in [6, 6.07) is 10.1. The summed E-state index contributed by atoms with van der Waals surface area (Å²) in [5.41, 5.74) is 0.807. The topological polar surface area (TPSA) is 54.9 Å². The van der Waals surface area contributed by atoms with Crippen LogP contribution >= 0.6 is 11.3 Å². The first-order valence-corrected chi connectivity index (χ1v) is 7.50. The first-order chi connectivity index (χ1) is 9.51. The van der Waals surface area contributed by atoms with Crippen LogP contribution in [0.25, 0.3) is 0 Å². The zero-order valence-corrected chi connectivity index (χ0v) is 12.8. The van der Waals surface area contributed by atoms with Crippen molar-refractivity contribution in [3.63, 3.8) is 0 Å². The number of anilines is 1. The number of carbonyl (C=O) groups is 1. The van der Waals surface area contributed by atoms with Gasteiger partial charge in [-0.05, 0) is 12.0 Å². The molecule has 0 unspecified atom stereocenters. The Bertz CT molecular complexity index is 578. The van der Waals surface area contributed by atoms with E-state index in [4.69, 9.17) is 0 Å². The monoisotopic (exact) mass is 289 g/mol. The van der Waals surface area contributed by atoms with Crippen molar-refractivity contribution in [2.45, 2.75) is 33.6 Å². The lowest BCUT2D eigenvalue weighted by Crippen LogP contribution is -2.29. The van der Waals surface area contributed by atoms with Gasteiger partial charge in [0.2, 0.25) is 11.0 Å². The van der Waals surface area contributed by atoms with Gasteiger partial charge in [-0.15, -0.1) is 10.2 Å². The van der Waals surface area contributed by atoms with Crippen LogP contribution in [-0.4, -0.2) is 16.1 Å². The van der Waals surface area contributed by atoms with E-state index in [-0.39, 0.29) is 11.3 Å². The number of hydrogen-bond acceptors (Lipinski definition) is 4. The van der Waals surface area contributed by atoms with Gasteiger partial charge < -0.3 is 5.32 Å². The fraction of sp³-hybridized carbons (Fsp3) is 0.400. The molecule has 1 aromatic carbocycles. The molecule has 0 atom stereocenters. The molecule has 1 aromatic heterocycles. The van der Waals surface area contributed by atoms with Crippen molar-refractivity contribution < 1.29 is 4.79 Å². The third-order valence-corrected chi connectivity index (χ3v) is 4.22. The van der Waals surface area contributed by atoms with Gasteiger partial charge in [-0.1, -0.05) is 62.4 Å². The molecule has 2 aromatic rings. The third-order valence-electron chi connectivity index (χ3n) is 3.38. The molecule has 0 aliphatic carbocycles. The second-order valence-electron chi connectivity index (χ2n) is 5.35. The molecule has 2 rings (SSSR count). The molecule has 0 aliphatic rings. The Balaban J connectivity index is 2.01. The minimum atomic E-state index is -0.384. The quantitative estimate of drug-likeness (QED) is 0.916. The largest absolute Gasteiger partial charge is 0.300 e. The average Bonchev–Trinajstić information content (AvgIpc) is 2.87.